The van der Waals surface area contributed by atoms with E-state index in [0.29, 0.717) is 0 Å². The predicted molar refractivity (Wildman–Crippen MR) is 50.7 cm³/mol. The summed E-state index contributed by atoms with van der Waals surface area (Å²) in [6.07, 6.45) is -2.93. The van der Waals surface area contributed by atoms with Gasteiger partial charge in [-0.1, -0.05) is 0 Å². The van der Waals surface area contributed by atoms with Gasteiger partial charge in [0.05, 0.1) is 13.2 Å². The van der Waals surface area contributed by atoms with Crippen molar-refractivity contribution in [2.75, 3.05) is 19.7 Å². The van der Waals surface area contributed by atoms with E-state index in [0.717, 1.165) is 6.92 Å². The van der Waals surface area contributed by atoms with E-state index >= 15 is 0 Å². The molecule has 0 amide bonds. The van der Waals surface area contributed by atoms with Crippen molar-refractivity contribution in [3.8, 4) is 0 Å². The van der Waals surface area contributed by atoms with E-state index in [9.17, 15) is 22.0 Å². The third-order valence-electron chi connectivity index (χ3n) is 1.85. The zero-order chi connectivity index (χ0) is 12.9. The van der Waals surface area contributed by atoms with E-state index in [1.165, 1.54) is 0 Å². The fourth-order valence-electron chi connectivity index (χ4n) is 0.939. The fraction of sp³-hybridized carbons (Fsp3) is 0.857. The summed E-state index contributed by atoms with van der Waals surface area (Å²) in [5.74, 6) is -1.63. The number of carboxylic acids is 1. The summed E-state index contributed by atoms with van der Waals surface area (Å²) in [6.45, 7) is -1.45. The highest BCUT2D eigenvalue weighted by Gasteiger charge is 2.34. The molecule has 0 aromatic carbocycles. The lowest BCUT2D eigenvalue weighted by molar-refractivity contribution is -0.136. The number of aliphatic hydroxyl groups excluding tert-OH is 1. The molecule has 9 heteroatoms. The van der Waals surface area contributed by atoms with Crippen LogP contribution in [0, 0.1) is 0 Å². The smallest absolute Gasteiger partial charge is 0.323 e. The Morgan fingerprint density at radius 2 is 1.94 bits per heavy atom. The maximum atomic E-state index is 12.1. The Kier molecular flexibility index (Phi) is 5.76. The minimum Gasteiger partial charge on any atom is -0.480 e. The number of halogens is 2. The minimum absolute atomic E-state index is 0.274. The number of carboxylic acid groups (broad SMARTS) is 1. The van der Waals surface area contributed by atoms with Crippen molar-refractivity contribution in [2.45, 2.75) is 18.6 Å². The summed E-state index contributed by atoms with van der Waals surface area (Å²) in [4.78, 5) is 10.5. The van der Waals surface area contributed by atoms with E-state index in [1.807, 2.05) is 0 Å². The molecule has 96 valence electrons. The zero-order valence-electron chi connectivity index (χ0n) is 8.51. The average Bonchev–Trinajstić information content (AvgIpc) is 2.15. The first-order valence-electron chi connectivity index (χ1n) is 4.34. The number of hydrogen-bond donors (Lipinski definition) is 2. The van der Waals surface area contributed by atoms with Crippen LogP contribution in [0.1, 0.15) is 6.92 Å². The average molecular weight is 261 g/mol. The molecule has 0 spiro atoms. The SMILES string of the molecule is CC(C(=O)O)S(=O)(=O)N(CCO)CC(F)F. The van der Waals surface area contributed by atoms with Gasteiger partial charge >= 0.3 is 5.97 Å². The van der Waals surface area contributed by atoms with Gasteiger partial charge in [0.2, 0.25) is 10.0 Å². The monoisotopic (exact) mass is 261 g/mol. The van der Waals surface area contributed by atoms with Crippen molar-refractivity contribution in [2.24, 2.45) is 0 Å². The van der Waals surface area contributed by atoms with Crippen LogP contribution in [0.5, 0.6) is 0 Å². The first kappa shape index (κ1) is 15.2. The van der Waals surface area contributed by atoms with E-state index in [1.54, 1.807) is 0 Å². The molecule has 0 aliphatic rings. The summed E-state index contributed by atoms with van der Waals surface area (Å²) >= 11 is 0. The number of nitrogens with zero attached hydrogens (tertiary/aromatic N) is 1. The second-order valence-electron chi connectivity index (χ2n) is 3.00. The van der Waals surface area contributed by atoms with E-state index in [2.05, 4.69) is 0 Å². The second kappa shape index (κ2) is 6.06. The lowest BCUT2D eigenvalue weighted by atomic mass is 10.5. The first-order chi connectivity index (χ1) is 7.23. The molecular formula is C7H13F2NO5S. The Bertz CT molecular complexity index is 332. The number of sulfonamides is 1. The standard InChI is InChI=1S/C7H13F2NO5S/c1-5(7(12)13)16(14,15)10(2-3-11)4-6(8)9/h5-6,11H,2-4H2,1H3,(H,12,13). The first-order valence-corrected chi connectivity index (χ1v) is 5.84. The molecule has 0 aliphatic carbocycles. The maximum absolute atomic E-state index is 12.1. The molecule has 1 atom stereocenters. The molecule has 0 saturated heterocycles. The molecule has 0 fully saturated rings. The largest absolute Gasteiger partial charge is 0.480 e. The molecule has 0 aliphatic heterocycles. The van der Waals surface area contributed by atoms with Crippen molar-refractivity contribution in [3.05, 3.63) is 0 Å². The number of aliphatic carboxylic acids is 1. The fourth-order valence-corrected chi connectivity index (χ4v) is 2.30. The highest BCUT2D eigenvalue weighted by atomic mass is 32.2. The van der Waals surface area contributed by atoms with Gasteiger partial charge in [-0.05, 0) is 6.92 Å². The molecule has 16 heavy (non-hydrogen) atoms. The zero-order valence-corrected chi connectivity index (χ0v) is 9.32. The van der Waals surface area contributed by atoms with Crippen LogP contribution in [0.2, 0.25) is 0 Å². The number of hydrogen-bond acceptors (Lipinski definition) is 4. The molecule has 0 aromatic heterocycles. The number of aliphatic hydroxyl groups is 1. The normalized spacial score (nSPS) is 14.4. The van der Waals surface area contributed by atoms with Crippen LogP contribution in [0.15, 0.2) is 0 Å². The summed E-state index contributed by atoms with van der Waals surface area (Å²) in [6, 6.07) is 0. The summed E-state index contributed by atoms with van der Waals surface area (Å²) < 4.78 is 47.4. The second-order valence-corrected chi connectivity index (χ2v) is 5.25. The molecule has 0 aromatic rings. The minimum atomic E-state index is -4.36. The van der Waals surface area contributed by atoms with Crippen molar-refractivity contribution >= 4 is 16.0 Å². The molecule has 0 saturated carbocycles. The van der Waals surface area contributed by atoms with E-state index in [-0.39, 0.29) is 4.31 Å². The van der Waals surface area contributed by atoms with Crippen molar-refractivity contribution < 1.29 is 32.2 Å². The van der Waals surface area contributed by atoms with Gasteiger partial charge in [-0.3, -0.25) is 4.79 Å². The van der Waals surface area contributed by atoms with Crippen LogP contribution in [0.3, 0.4) is 0 Å². The Morgan fingerprint density at radius 3 is 2.25 bits per heavy atom. The van der Waals surface area contributed by atoms with Crippen LogP contribution in [0.4, 0.5) is 8.78 Å². The van der Waals surface area contributed by atoms with Gasteiger partial charge in [-0.15, -0.1) is 0 Å². The number of alkyl halides is 2. The molecule has 0 radical (unpaired) electrons. The topological polar surface area (TPSA) is 94.9 Å². The lowest BCUT2D eigenvalue weighted by Gasteiger charge is -2.22. The summed E-state index contributed by atoms with van der Waals surface area (Å²) in [5, 5.41) is 15.2. The molecule has 0 bridgehead atoms. The predicted octanol–water partition coefficient (Wildman–Crippen LogP) is -0.651. The molecular weight excluding hydrogens is 248 g/mol. The van der Waals surface area contributed by atoms with Crippen LogP contribution in [-0.4, -0.2) is 60.3 Å². The Labute approximate surface area is 91.5 Å². The quantitative estimate of drug-likeness (QED) is 0.635. The Balaban J connectivity index is 4.96. The molecule has 0 heterocycles. The number of rotatable bonds is 7. The van der Waals surface area contributed by atoms with Gasteiger partial charge in [0.25, 0.3) is 6.43 Å². The highest BCUT2D eigenvalue weighted by molar-refractivity contribution is 7.90. The highest BCUT2D eigenvalue weighted by Crippen LogP contribution is 2.11. The maximum Gasteiger partial charge on any atom is 0.323 e. The third kappa shape index (κ3) is 3.99. The van der Waals surface area contributed by atoms with Gasteiger partial charge in [-0.2, -0.15) is 4.31 Å². The van der Waals surface area contributed by atoms with Gasteiger partial charge in [0, 0.05) is 6.54 Å². The summed E-state index contributed by atoms with van der Waals surface area (Å²) in [5.41, 5.74) is 0. The van der Waals surface area contributed by atoms with Crippen molar-refractivity contribution in [1.82, 2.24) is 4.31 Å². The van der Waals surface area contributed by atoms with Crippen LogP contribution in [0.25, 0.3) is 0 Å². The van der Waals surface area contributed by atoms with Crippen LogP contribution >= 0.6 is 0 Å². The van der Waals surface area contributed by atoms with Crippen molar-refractivity contribution in [3.63, 3.8) is 0 Å². The Morgan fingerprint density at radius 1 is 1.44 bits per heavy atom. The van der Waals surface area contributed by atoms with Gasteiger partial charge in [-0.25, -0.2) is 17.2 Å². The van der Waals surface area contributed by atoms with E-state index in [4.69, 9.17) is 10.2 Å². The molecule has 1 unspecified atom stereocenters. The van der Waals surface area contributed by atoms with Crippen LogP contribution < -0.4 is 0 Å². The molecule has 2 N–H and O–H groups in total. The lowest BCUT2D eigenvalue weighted by Crippen LogP contribution is -2.44. The number of carbonyl (C=O) groups is 1. The van der Waals surface area contributed by atoms with Gasteiger partial charge in [0.1, 0.15) is 0 Å². The third-order valence-corrected chi connectivity index (χ3v) is 3.99. The van der Waals surface area contributed by atoms with E-state index < -0.39 is 47.4 Å². The van der Waals surface area contributed by atoms with Gasteiger partial charge in [0.15, 0.2) is 5.25 Å². The Hall–Kier alpha value is -0.800. The van der Waals surface area contributed by atoms with Gasteiger partial charge < -0.3 is 10.2 Å². The van der Waals surface area contributed by atoms with Crippen LogP contribution in [-0.2, 0) is 14.8 Å². The van der Waals surface area contributed by atoms with Crippen molar-refractivity contribution in [1.29, 1.82) is 0 Å². The molecule has 0 rings (SSSR count). The summed E-state index contributed by atoms with van der Waals surface area (Å²) in [7, 11) is -4.36. The molecule has 6 nitrogen and oxygen atoms in total.